The van der Waals surface area contributed by atoms with Gasteiger partial charge in [0, 0.05) is 18.0 Å². The number of rotatable bonds is 6. The van der Waals surface area contributed by atoms with Crippen LogP contribution >= 0.6 is 11.3 Å². The molecule has 0 radical (unpaired) electrons. The van der Waals surface area contributed by atoms with Crippen LogP contribution in [-0.2, 0) is 4.79 Å². The van der Waals surface area contributed by atoms with Crippen molar-refractivity contribution in [2.24, 2.45) is 11.8 Å². The SMILES string of the molecule is CC(CN(c1nc(C=O)cs1)C1CC1)C(=O)NN. The van der Waals surface area contributed by atoms with Crippen LogP contribution in [0.3, 0.4) is 0 Å². The van der Waals surface area contributed by atoms with Crippen LogP contribution in [0.5, 0.6) is 0 Å². The molecule has 2 rings (SSSR count). The molecule has 18 heavy (non-hydrogen) atoms. The molecule has 1 heterocycles. The summed E-state index contributed by atoms with van der Waals surface area (Å²) in [6.45, 7) is 2.39. The first-order chi connectivity index (χ1) is 8.65. The summed E-state index contributed by atoms with van der Waals surface area (Å²) in [5.74, 6) is 4.73. The zero-order valence-electron chi connectivity index (χ0n) is 10.1. The lowest BCUT2D eigenvalue weighted by Gasteiger charge is -2.24. The molecule has 0 spiro atoms. The highest BCUT2D eigenvalue weighted by atomic mass is 32.1. The molecule has 0 saturated heterocycles. The summed E-state index contributed by atoms with van der Waals surface area (Å²) >= 11 is 1.43. The first-order valence-electron chi connectivity index (χ1n) is 5.83. The van der Waals surface area contributed by atoms with E-state index in [1.807, 2.05) is 6.92 Å². The number of anilines is 1. The third-order valence-electron chi connectivity index (χ3n) is 2.92. The standard InChI is InChI=1S/C11H16N4O2S/c1-7(10(17)14-12)4-15(9-2-3-9)11-13-8(5-16)6-18-11/h5-7,9H,2-4,12H2,1H3,(H,14,17). The average molecular weight is 268 g/mol. The van der Waals surface area contributed by atoms with E-state index < -0.39 is 0 Å². The number of aldehydes is 1. The summed E-state index contributed by atoms with van der Waals surface area (Å²) in [4.78, 5) is 28.4. The molecule has 1 fully saturated rings. The summed E-state index contributed by atoms with van der Waals surface area (Å²) in [5.41, 5.74) is 2.60. The molecule has 1 aromatic rings. The van der Waals surface area contributed by atoms with Crippen molar-refractivity contribution in [3.63, 3.8) is 0 Å². The van der Waals surface area contributed by atoms with Crippen LogP contribution in [0.1, 0.15) is 30.3 Å². The van der Waals surface area contributed by atoms with E-state index in [1.165, 1.54) is 11.3 Å². The Morgan fingerprint density at radius 2 is 2.50 bits per heavy atom. The van der Waals surface area contributed by atoms with Crippen molar-refractivity contribution < 1.29 is 9.59 Å². The second kappa shape index (κ2) is 5.45. The van der Waals surface area contributed by atoms with Crippen molar-refractivity contribution in [2.45, 2.75) is 25.8 Å². The maximum absolute atomic E-state index is 11.4. The molecular weight excluding hydrogens is 252 g/mol. The number of hydrazine groups is 1. The Balaban J connectivity index is 2.08. The molecule has 0 bridgehead atoms. The molecule has 6 nitrogen and oxygen atoms in total. The van der Waals surface area contributed by atoms with Crippen molar-refractivity contribution in [1.82, 2.24) is 10.4 Å². The zero-order valence-corrected chi connectivity index (χ0v) is 10.9. The predicted octanol–water partition coefficient (Wildman–Crippen LogP) is 0.550. The number of hydrogen-bond donors (Lipinski definition) is 2. The maximum atomic E-state index is 11.4. The van der Waals surface area contributed by atoms with Gasteiger partial charge >= 0.3 is 0 Å². The lowest BCUT2D eigenvalue weighted by molar-refractivity contribution is -0.124. The van der Waals surface area contributed by atoms with E-state index >= 15 is 0 Å². The highest BCUT2D eigenvalue weighted by Crippen LogP contribution is 2.33. The second-order valence-corrected chi connectivity index (χ2v) is 5.30. The van der Waals surface area contributed by atoms with Gasteiger partial charge in [-0.05, 0) is 12.8 Å². The molecule has 0 aromatic carbocycles. The van der Waals surface area contributed by atoms with E-state index in [-0.39, 0.29) is 11.8 Å². The summed E-state index contributed by atoms with van der Waals surface area (Å²) < 4.78 is 0. The van der Waals surface area contributed by atoms with E-state index in [9.17, 15) is 9.59 Å². The van der Waals surface area contributed by atoms with Gasteiger partial charge in [-0.15, -0.1) is 11.3 Å². The van der Waals surface area contributed by atoms with Gasteiger partial charge in [0.2, 0.25) is 5.91 Å². The zero-order chi connectivity index (χ0) is 13.1. The van der Waals surface area contributed by atoms with Gasteiger partial charge in [-0.2, -0.15) is 0 Å². The van der Waals surface area contributed by atoms with Gasteiger partial charge < -0.3 is 4.90 Å². The first-order valence-corrected chi connectivity index (χ1v) is 6.71. The van der Waals surface area contributed by atoms with Crippen molar-refractivity contribution >= 4 is 28.7 Å². The van der Waals surface area contributed by atoms with E-state index in [2.05, 4.69) is 15.3 Å². The number of hydrogen-bond acceptors (Lipinski definition) is 6. The normalized spacial score (nSPS) is 16.1. The van der Waals surface area contributed by atoms with Crippen LogP contribution < -0.4 is 16.2 Å². The van der Waals surface area contributed by atoms with Crippen LogP contribution in [0.25, 0.3) is 0 Å². The average Bonchev–Trinajstić information content (AvgIpc) is 3.11. The second-order valence-electron chi connectivity index (χ2n) is 4.47. The quantitative estimate of drug-likeness (QED) is 0.340. The lowest BCUT2D eigenvalue weighted by Crippen LogP contribution is -2.41. The topological polar surface area (TPSA) is 88.3 Å². The highest BCUT2D eigenvalue weighted by molar-refractivity contribution is 7.13. The third kappa shape index (κ3) is 2.85. The Morgan fingerprint density at radius 3 is 3.00 bits per heavy atom. The lowest BCUT2D eigenvalue weighted by atomic mass is 10.1. The van der Waals surface area contributed by atoms with Crippen molar-refractivity contribution in [1.29, 1.82) is 0 Å². The Morgan fingerprint density at radius 1 is 1.78 bits per heavy atom. The van der Waals surface area contributed by atoms with Gasteiger partial charge in [0.25, 0.3) is 0 Å². The Kier molecular flexibility index (Phi) is 3.93. The van der Waals surface area contributed by atoms with E-state index in [0.717, 1.165) is 24.3 Å². The molecule has 1 amide bonds. The van der Waals surface area contributed by atoms with Gasteiger partial charge in [0.05, 0.1) is 5.92 Å². The number of thiazole rings is 1. The maximum Gasteiger partial charge on any atom is 0.238 e. The smallest absolute Gasteiger partial charge is 0.238 e. The third-order valence-corrected chi connectivity index (χ3v) is 3.82. The number of nitrogens with two attached hydrogens (primary N) is 1. The number of carbonyl (C=O) groups is 2. The van der Waals surface area contributed by atoms with Crippen LogP contribution in [0.15, 0.2) is 5.38 Å². The number of nitrogens with one attached hydrogen (secondary N) is 1. The van der Waals surface area contributed by atoms with Crippen LogP contribution in [0, 0.1) is 5.92 Å². The van der Waals surface area contributed by atoms with Gasteiger partial charge in [-0.3, -0.25) is 15.0 Å². The summed E-state index contributed by atoms with van der Waals surface area (Å²) in [7, 11) is 0. The summed E-state index contributed by atoms with van der Waals surface area (Å²) in [6.07, 6.45) is 2.95. The molecule has 98 valence electrons. The summed E-state index contributed by atoms with van der Waals surface area (Å²) in [6, 6.07) is 0.434. The largest absolute Gasteiger partial charge is 0.344 e. The fourth-order valence-electron chi connectivity index (χ4n) is 1.75. The van der Waals surface area contributed by atoms with Crippen molar-refractivity contribution in [3.05, 3.63) is 11.1 Å². The van der Waals surface area contributed by atoms with Gasteiger partial charge in [-0.25, -0.2) is 10.8 Å². The van der Waals surface area contributed by atoms with Crippen molar-refractivity contribution in [3.8, 4) is 0 Å². The molecule has 1 saturated carbocycles. The minimum Gasteiger partial charge on any atom is -0.344 e. The van der Waals surface area contributed by atoms with Crippen LogP contribution in [-0.4, -0.2) is 29.8 Å². The van der Waals surface area contributed by atoms with Crippen LogP contribution in [0.4, 0.5) is 5.13 Å². The van der Waals surface area contributed by atoms with Crippen molar-refractivity contribution in [2.75, 3.05) is 11.4 Å². The first kappa shape index (κ1) is 13.0. The minimum atomic E-state index is -0.209. The molecule has 1 unspecified atom stereocenters. The minimum absolute atomic E-state index is 0.187. The number of nitrogens with zero attached hydrogens (tertiary/aromatic N) is 2. The molecule has 1 aliphatic rings. The van der Waals surface area contributed by atoms with Crippen LogP contribution in [0.2, 0.25) is 0 Å². The van der Waals surface area contributed by atoms with E-state index in [1.54, 1.807) is 5.38 Å². The number of carbonyl (C=O) groups excluding carboxylic acids is 2. The van der Waals surface area contributed by atoms with Gasteiger partial charge in [0.15, 0.2) is 11.4 Å². The molecule has 1 aromatic heterocycles. The fourth-order valence-corrected chi connectivity index (χ4v) is 2.60. The van der Waals surface area contributed by atoms with Gasteiger partial charge in [-0.1, -0.05) is 6.92 Å². The monoisotopic (exact) mass is 268 g/mol. The number of amides is 1. The predicted molar refractivity (Wildman–Crippen MR) is 69.4 cm³/mol. The van der Waals surface area contributed by atoms with E-state index in [4.69, 9.17) is 5.84 Å². The Labute approximate surface area is 109 Å². The molecule has 1 atom stereocenters. The van der Waals surface area contributed by atoms with Gasteiger partial charge in [0.1, 0.15) is 5.69 Å². The molecule has 1 aliphatic carbocycles. The Bertz CT molecular complexity index is 444. The van der Waals surface area contributed by atoms with E-state index in [0.29, 0.717) is 18.3 Å². The fraction of sp³-hybridized carbons (Fsp3) is 0.545. The number of aromatic nitrogens is 1. The molecule has 0 aliphatic heterocycles. The molecule has 3 N–H and O–H groups in total. The molecular formula is C11H16N4O2S. The summed E-state index contributed by atoms with van der Waals surface area (Å²) in [5, 5.41) is 2.53. The highest BCUT2D eigenvalue weighted by Gasteiger charge is 2.32. The Hall–Kier alpha value is -1.47. The molecule has 7 heteroatoms.